The molecule has 0 saturated carbocycles. The summed E-state index contributed by atoms with van der Waals surface area (Å²) >= 11 is 6.04. The molecule has 1 amide bonds. The Balaban J connectivity index is 1.22. The largest absolute Gasteiger partial charge is 0.441 e. The Morgan fingerprint density at radius 1 is 1.10 bits per heavy atom. The molecule has 0 N–H and O–H groups in total. The minimum atomic E-state index is 0.0683. The van der Waals surface area contributed by atoms with Crippen LogP contribution in [0.2, 0.25) is 5.02 Å². The molecular weight excluding hydrogens is 414 g/mol. The number of aryl methyl sites for hydroxylation is 1. The van der Waals surface area contributed by atoms with Gasteiger partial charge in [-0.3, -0.25) is 4.79 Å². The van der Waals surface area contributed by atoms with Gasteiger partial charge in [-0.2, -0.15) is 0 Å². The second-order valence-electron chi connectivity index (χ2n) is 7.88. The van der Waals surface area contributed by atoms with Crippen LogP contribution in [0.25, 0.3) is 22.6 Å². The third kappa shape index (κ3) is 4.08. The van der Waals surface area contributed by atoms with E-state index in [4.69, 9.17) is 20.4 Å². The molecule has 5 rings (SSSR count). The average molecular weight is 436 g/mol. The molecule has 0 unspecified atom stereocenters. The van der Waals surface area contributed by atoms with Crippen molar-refractivity contribution in [1.29, 1.82) is 0 Å². The molecule has 0 radical (unpaired) electrons. The van der Waals surface area contributed by atoms with Crippen LogP contribution < -0.4 is 0 Å². The van der Waals surface area contributed by atoms with Crippen molar-refractivity contribution in [3.63, 3.8) is 0 Å². The predicted molar refractivity (Wildman–Crippen MR) is 118 cm³/mol. The number of nitrogens with zero attached hydrogens (tertiary/aromatic N) is 3. The minimum absolute atomic E-state index is 0.0683. The van der Waals surface area contributed by atoms with Crippen LogP contribution >= 0.6 is 11.6 Å². The maximum absolute atomic E-state index is 12.9. The summed E-state index contributed by atoms with van der Waals surface area (Å²) in [7, 11) is 0. The van der Waals surface area contributed by atoms with Gasteiger partial charge in [0.2, 0.25) is 11.8 Å². The maximum Gasteiger partial charge on any atom is 0.228 e. The zero-order chi connectivity index (χ0) is 21.4. The fourth-order valence-electron chi connectivity index (χ4n) is 4.02. The zero-order valence-corrected chi connectivity index (χ0v) is 17.9. The Morgan fingerprint density at radius 3 is 2.65 bits per heavy atom. The molecule has 1 fully saturated rings. The topological polar surface area (TPSA) is 72.4 Å². The first-order valence-corrected chi connectivity index (χ1v) is 10.8. The maximum atomic E-state index is 12.9. The number of carbonyl (C=O) groups is 1. The summed E-state index contributed by atoms with van der Waals surface area (Å²) in [6.45, 7) is 3.20. The van der Waals surface area contributed by atoms with Crippen molar-refractivity contribution in [3.05, 3.63) is 70.9 Å². The smallest absolute Gasteiger partial charge is 0.228 e. The van der Waals surface area contributed by atoms with E-state index in [2.05, 4.69) is 9.97 Å². The summed E-state index contributed by atoms with van der Waals surface area (Å²) in [5.41, 5.74) is 3.12. The van der Waals surface area contributed by atoms with Crippen LogP contribution in [0.5, 0.6) is 0 Å². The number of halogens is 1. The summed E-state index contributed by atoms with van der Waals surface area (Å²) in [5.74, 6) is 2.24. The van der Waals surface area contributed by atoms with Crippen molar-refractivity contribution >= 4 is 28.6 Å². The third-order valence-electron chi connectivity index (χ3n) is 5.80. The Hall–Kier alpha value is -3.12. The summed E-state index contributed by atoms with van der Waals surface area (Å²) in [6, 6.07) is 15.2. The Labute approximate surface area is 184 Å². The SMILES string of the molecule is Cc1oc(-c2ccccc2)nc1CC(=O)N1CCC(c2nc3cc(Cl)ccc3o2)CC1. The number of oxazole rings is 2. The highest BCUT2D eigenvalue weighted by molar-refractivity contribution is 6.31. The summed E-state index contributed by atoms with van der Waals surface area (Å²) in [5, 5.41) is 0.645. The molecule has 1 aliphatic rings. The van der Waals surface area contributed by atoms with Crippen LogP contribution in [0.15, 0.2) is 57.4 Å². The minimum Gasteiger partial charge on any atom is -0.441 e. The van der Waals surface area contributed by atoms with Crippen LogP contribution in [0.4, 0.5) is 0 Å². The number of carbonyl (C=O) groups excluding carboxylic acids is 1. The van der Waals surface area contributed by atoms with Gasteiger partial charge in [0.15, 0.2) is 11.5 Å². The molecule has 0 spiro atoms. The lowest BCUT2D eigenvalue weighted by atomic mass is 9.96. The molecule has 0 aliphatic carbocycles. The molecule has 1 aliphatic heterocycles. The zero-order valence-electron chi connectivity index (χ0n) is 17.2. The Bertz CT molecular complexity index is 1220. The van der Waals surface area contributed by atoms with E-state index >= 15 is 0 Å². The highest BCUT2D eigenvalue weighted by Crippen LogP contribution is 2.31. The standard InChI is InChI=1S/C24H22ClN3O3/c1-15-19(26-23(30-15)16-5-3-2-4-6-16)14-22(29)28-11-9-17(10-12-28)24-27-20-13-18(25)7-8-21(20)31-24/h2-8,13,17H,9-12,14H2,1H3. The summed E-state index contributed by atoms with van der Waals surface area (Å²) < 4.78 is 11.7. The summed E-state index contributed by atoms with van der Waals surface area (Å²) in [6.07, 6.45) is 1.88. The van der Waals surface area contributed by atoms with Gasteiger partial charge in [0.1, 0.15) is 11.3 Å². The van der Waals surface area contributed by atoms with Gasteiger partial charge >= 0.3 is 0 Å². The first-order valence-electron chi connectivity index (χ1n) is 10.4. The first-order chi connectivity index (χ1) is 15.1. The quantitative estimate of drug-likeness (QED) is 0.429. The number of amides is 1. The van der Waals surface area contributed by atoms with Gasteiger partial charge in [-0.05, 0) is 50.1 Å². The monoisotopic (exact) mass is 435 g/mol. The highest BCUT2D eigenvalue weighted by atomic mass is 35.5. The molecule has 31 heavy (non-hydrogen) atoms. The van der Waals surface area contributed by atoms with Crippen molar-refractivity contribution in [2.45, 2.75) is 32.1 Å². The van der Waals surface area contributed by atoms with Gasteiger partial charge in [0.05, 0.1) is 12.1 Å². The van der Waals surface area contributed by atoms with Crippen molar-refractivity contribution in [2.24, 2.45) is 0 Å². The fourth-order valence-corrected chi connectivity index (χ4v) is 4.19. The molecule has 7 heteroatoms. The number of hydrogen-bond acceptors (Lipinski definition) is 5. The van der Waals surface area contributed by atoms with Crippen molar-refractivity contribution in [3.8, 4) is 11.5 Å². The molecule has 4 aromatic rings. The van der Waals surface area contributed by atoms with E-state index in [-0.39, 0.29) is 18.2 Å². The lowest BCUT2D eigenvalue weighted by molar-refractivity contribution is -0.131. The van der Waals surface area contributed by atoms with Gasteiger partial charge in [-0.25, -0.2) is 9.97 Å². The number of likely N-dealkylation sites (tertiary alicyclic amines) is 1. The van der Waals surface area contributed by atoms with Gasteiger partial charge < -0.3 is 13.7 Å². The normalized spacial score (nSPS) is 15.0. The number of piperidine rings is 1. The molecule has 1 saturated heterocycles. The van der Waals surface area contributed by atoms with Gasteiger partial charge in [-0.15, -0.1) is 0 Å². The number of aromatic nitrogens is 2. The molecular formula is C24H22ClN3O3. The fraction of sp³-hybridized carbons (Fsp3) is 0.292. The van der Waals surface area contributed by atoms with Crippen molar-refractivity contribution in [2.75, 3.05) is 13.1 Å². The van der Waals surface area contributed by atoms with E-state index in [0.29, 0.717) is 35.5 Å². The number of hydrogen-bond donors (Lipinski definition) is 0. The number of benzene rings is 2. The van der Waals surface area contributed by atoms with Gasteiger partial charge in [-0.1, -0.05) is 29.8 Å². The van der Waals surface area contributed by atoms with Gasteiger partial charge in [0, 0.05) is 29.6 Å². The average Bonchev–Trinajstić information content (AvgIpc) is 3.37. The second kappa shape index (κ2) is 8.19. The van der Waals surface area contributed by atoms with Crippen LogP contribution in [0.1, 0.15) is 36.1 Å². The molecule has 2 aromatic carbocycles. The molecule has 2 aromatic heterocycles. The van der Waals surface area contributed by atoms with E-state index in [1.54, 1.807) is 6.07 Å². The Morgan fingerprint density at radius 2 is 1.87 bits per heavy atom. The second-order valence-corrected chi connectivity index (χ2v) is 8.32. The van der Waals surface area contributed by atoms with Crippen LogP contribution in [0, 0.1) is 6.92 Å². The first kappa shape index (κ1) is 19.8. The predicted octanol–water partition coefficient (Wildman–Crippen LogP) is 5.39. The third-order valence-corrected chi connectivity index (χ3v) is 6.03. The molecule has 3 heterocycles. The van der Waals surface area contributed by atoms with Gasteiger partial charge in [0.25, 0.3) is 0 Å². The van der Waals surface area contributed by atoms with E-state index in [1.165, 1.54) is 0 Å². The molecule has 0 atom stereocenters. The van der Waals surface area contributed by atoms with E-state index in [9.17, 15) is 4.79 Å². The molecule has 6 nitrogen and oxygen atoms in total. The van der Waals surface area contributed by atoms with Crippen molar-refractivity contribution in [1.82, 2.24) is 14.9 Å². The number of fused-ring (bicyclic) bond motifs is 1. The van der Waals surface area contributed by atoms with Crippen molar-refractivity contribution < 1.29 is 13.6 Å². The summed E-state index contributed by atoms with van der Waals surface area (Å²) in [4.78, 5) is 23.9. The van der Waals surface area contributed by atoms with Crippen LogP contribution in [-0.4, -0.2) is 33.9 Å². The van der Waals surface area contributed by atoms with E-state index in [0.717, 1.165) is 35.4 Å². The molecule has 158 valence electrons. The van der Waals surface area contributed by atoms with Crippen LogP contribution in [-0.2, 0) is 11.2 Å². The van der Waals surface area contributed by atoms with Crippen LogP contribution in [0.3, 0.4) is 0 Å². The lowest BCUT2D eigenvalue weighted by Crippen LogP contribution is -2.39. The number of rotatable bonds is 4. The Kier molecular flexibility index (Phi) is 5.24. The van der Waals surface area contributed by atoms with E-state index in [1.807, 2.05) is 54.3 Å². The van der Waals surface area contributed by atoms with E-state index < -0.39 is 0 Å². The molecule has 0 bridgehead atoms. The highest BCUT2D eigenvalue weighted by Gasteiger charge is 2.28. The lowest BCUT2D eigenvalue weighted by Gasteiger charge is -2.30.